The van der Waals surface area contributed by atoms with Crippen LogP contribution < -0.4 is 4.74 Å². The number of rotatable bonds is 4. The van der Waals surface area contributed by atoms with Gasteiger partial charge in [0.25, 0.3) is 5.91 Å². The molecule has 1 unspecified atom stereocenters. The number of carbonyl (C=O) groups is 1. The zero-order valence-electron chi connectivity index (χ0n) is 13.3. The highest BCUT2D eigenvalue weighted by atomic mass is 32.1. The summed E-state index contributed by atoms with van der Waals surface area (Å²) in [7, 11) is 0. The molecular formula is C18H20N2O3S. The summed E-state index contributed by atoms with van der Waals surface area (Å²) >= 11 is 1.56. The van der Waals surface area contributed by atoms with Crippen LogP contribution >= 0.6 is 11.3 Å². The Hall–Kier alpha value is -1.92. The largest absolute Gasteiger partial charge is 0.477 e. The zero-order chi connectivity index (χ0) is 16.4. The summed E-state index contributed by atoms with van der Waals surface area (Å²) in [6.45, 7) is 1.91. The van der Waals surface area contributed by atoms with E-state index in [4.69, 9.17) is 9.47 Å². The molecule has 4 rings (SSSR count). The van der Waals surface area contributed by atoms with Crippen molar-refractivity contribution in [2.45, 2.75) is 25.0 Å². The predicted octanol–water partition coefficient (Wildman–Crippen LogP) is 2.84. The summed E-state index contributed by atoms with van der Waals surface area (Å²) in [5.41, 5.74) is 0.786. The first-order chi connectivity index (χ1) is 11.8. The molecule has 0 aromatic carbocycles. The van der Waals surface area contributed by atoms with Crippen molar-refractivity contribution >= 4 is 17.2 Å². The van der Waals surface area contributed by atoms with E-state index >= 15 is 0 Å². The van der Waals surface area contributed by atoms with Crippen molar-refractivity contribution in [3.05, 3.63) is 46.8 Å². The maximum absolute atomic E-state index is 12.7. The second-order valence-electron chi connectivity index (χ2n) is 6.30. The number of thiophene rings is 1. The lowest BCUT2D eigenvalue weighted by atomic mass is 10.1. The normalized spacial score (nSPS) is 26.2. The van der Waals surface area contributed by atoms with Crippen LogP contribution in [0, 0.1) is 5.92 Å². The molecule has 1 saturated carbocycles. The zero-order valence-corrected chi connectivity index (χ0v) is 14.2. The highest BCUT2D eigenvalue weighted by molar-refractivity contribution is 7.08. The second kappa shape index (κ2) is 6.91. The Morgan fingerprint density at radius 1 is 1.38 bits per heavy atom. The number of amides is 1. The van der Waals surface area contributed by atoms with Gasteiger partial charge in [-0.3, -0.25) is 4.79 Å². The molecule has 2 aromatic heterocycles. The molecule has 1 aliphatic heterocycles. The lowest BCUT2D eigenvalue weighted by Gasteiger charge is -2.37. The van der Waals surface area contributed by atoms with Gasteiger partial charge in [-0.05, 0) is 36.3 Å². The molecule has 6 heteroatoms. The number of aromatic nitrogens is 1. The van der Waals surface area contributed by atoms with Crippen molar-refractivity contribution in [2.24, 2.45) is 5.92 Å². The van der Waals surface area contributed by atoms with Crippen molar-refractivity contribution in [1.29, 1.82) is 0 Å². The summed E-state index contributed by atoms with van der Waals surface area (Å²) < 4.78 is 11.7. The summed E-state index contributed by atoms with van der Waals surface area (Å²) in [4.78, 5) is 18.9. The van der Waals surface area contributed by atoms with Gasteiger partial charge in [-0.25, -0.2) is 4.98 Å². The van der Waals surface area contributed by atoms with E-state index in [0.717, 1.165) is 18.4 Å². The van der Waals surface area contributed by atoms with E-state index in [1.54, 1.807) is 17.5 Å². The number of ether oxygens (including phenoxy) is 2. The van der Waals surface area contributed by atoms with E-state index in [0.29, 0.717) is 31.6 Å². The first kappa shape index (κ1) is 15.6. The molecule has 2 fully saturated rings. The molecule has 1 amide bonds. The van der Waals surface area contributed by atoms with Gasteiger partial charge in [0.05, 0.1) is 30.9 Å². The smallest absolute Gasteiger partial charge is 0.255 e. The van der Waals surface area contributed by atoms with Crippen LogP contribution in [-0.4, -0.2) is 47.7 Å². The molecule has 3 atom stereocenters. The maximum atomic E-state index is 12.7. The average molecular weight is 344 g/mol. The Morgan fingerprint density at radius 3 is 3.12 bits per heavy atom. The van der Waals surface area contributed by atoms with E-state index in [2.05, 4.69) is 4.98 Å². The minimum absolute atomic E-state index is 0.124. The predicted molar refractivity (Wildman–Crippen MR) is 91.3 cm³/mol. The van der Waals surface area contributed by atoms with Gasteiger partial charge in [0.15, 0.2) is 0 Å². The SMILES string of the molecule is O=C(c1ccsc1)N1CCO[C@@H]2CC(COc3ccccn3)C[C@H]21. The van der Waals surface area contributed by atoms with Crippen LogP contribution in [0.5, 0.6) is 5.88 Å². The fourth-order valence-corrected chi connectivity index (χ4v) is 4.26. The van der Waals surface area contributed by atoms with Crippen molar-refractivity contribution in [3.63, 3.8) is 0 Å². The molecule has 0 bridgehead atoms. The van der Waals surface area contributed by atoms with Crippen LogP contribution in [0.25, 0.3) is 0 Å². The fraction of sp³-hybridized carbons (Fsp3) is 0.444. The van der Waals surface area contributed by atoms with E-state index < -0.39 is 0 Å². The van der Waals surface area contributed by atoms with Gasteiger partial charge in [-0.15, -0.1) is 0 Å². The minimum atomic E-state index is 0.124. The Balaban J connectivity index is 1.40. The number of nitrogens with zero attached hydrogens (tertiary/aromatic N) is 2. The third-order valence-corrected chi connectivity index (χ3v) is 5.45. The van der Waals surface area contributed by atoms with Gasteiger partial charge < -0.3 is 14.4 Å². The lowest BCUT2D eigenvalue weighted by molar-refractivity contribution is -0.0448. The van der Waals surface area contributed by atoms with Crippen LogP contribution in [0.4, 0.5) is 0 Å². The fourth-order valence-electron chi connectivity index (χ4n) is 3.63. The number of morpholine rings is 1. The number of carbonyl (C=O) groups excluding carboxylic acids is 1. The Morgan fingerprint density at radius 2 is 2.33 bits per heavy atom. The highest BCUT2D eigenvalue weighted by Gasteiger charge is 2.43. The first-order valence-electron chi connectivity index (χ1n) is 8.30. The maximum Gasteiger partial charge on any atom is 0.255 e. The average Bonchev–Trinajstić information content (AvgIpc) is 3.29. The summed E-state index contributed by atoms with van der Waals surface area (Å²) in [6.07, 6.45) is 3.71. The van der Waals surface area contributed by atoms with E-state index in [1.165, 1.54) is 0 Å². The molecule has 24 heavy (non-hydrogen) atoms. The van der Waals surface area contributed by atoms with Crippen LogP contribution in [0.2, 0.25) is 0 Å². The van der Waals surface area contributed by atoms with Crippen molar-refractivity contribution < 1.29 is 14.3 Å². The third-order valence-electron chi connectivity index (χ3n) is 4.77. The van der Waals surface area contributed by atoms with Gasteiger partial charge in [0, 0.05) is 24.2 Å². The Bertz CT molecular complexity index is 677. The quantitative estimate of drug-likeness (QED) is 0.856. The van der Waals surface area contributed by atoms with E-state index in [-0.39, 0.29) is 18.1 Å². The third kappa shape index (κ3) is 3.16. The van der Waals surface area contributed by atoms with Gasteiger partial charge in [-0.1, -0.05) is 6.07 Å². The molecule has 1 aliphatic carbocycles. The van der Waals surface area contributed by atoms with Gasteiger partial charge >= 0.3 is 0 Å². The van der Waals surface area contributed by atoms with E-state index in [1.807, 2.05) is 39.9 Å². The number of hydrogen-bond acceptors (Lipinski definition) is 5. The molecule has 0 radical (unpaired) electrons. The molecule has 0 spiro atoms. The first-order valence-corrected chi connectivity index (χ1v) is 9.24. The number of fused-ring (bicyclic) bond motifs is 1. The lowest BCUT2D eigenvalue weighted by Crippen LogP contribution is -2.51. The standard InChI is InChI=1S/C18H20N2O3S/c21-18(14-4-8-24-12-14)20-6-7-22-16-10-13(9-15(16)20)11-23-17-3-1-2-5-19-17/h1-5,8,12-13,15-16H,6-7,9-11H2/t13?,15-,16-/m1/s1. The molecular weight excluding hydrogens is 324 g/mol. The van der Waals surface area contributed by atoms with Crippen molar-refractivity contribution in [2.75, 3.05) is 19.8 Å². The second-order valence-corrected chi connectivity index (χ2v) is 7.08. The summed E-state index contributed by atoms with van der Waals surface area (Å²) in [5, 5.41) is 3.87. The topological polar surface area (TPSA) is 51.7 Å². The van der Waals surface area contributed by atoms with Crippen LogP contribution in [0.1, 0.15) is 23.2 Å². The van der Waals surface area contributed by atoms with Crippen LogP contribution in [-0.2, 0) is 4.74 Å². The van der Waals surface area contributed by atoms with Crippen molar-refractivity contribution in [1.82, 2.24) is 9.88 Å². The van der Waals surface area contributed by atoms with Crippen molar-refractivity contribution in [3.8, 4) is 5.88 Å². The molecule has 2 aromatic rings. The molecule has 5 nitrogen and oxygen atoms in total. The molecule has 3 heterocycles. The molecule has 126 valence electrons. The van der Waals surface area contributed by atoms with Gasteiger partial charge in [0.1, 0.15) is 0 Å². The molecule has 0 N–H and O–H groups in total. The summed E-state index contributed by atoms with van der Waals surface area (Å²) in [6, 6.07) is 7.71. The van der Waals surface area contributed by atoms with E-state index in [9.17, 15) is 4.79 Å². The summed E-state index contributed by atoms with van der Waals surface area (Å²) in [5.74, 6) is 1.17. The minimum Gasteiger partial charge on any atom is -0.477 e. The Labute approximate surface area is 145 Å². The van der Waals surface area contributed by atoms with Gasteiger partial charge in [-0.2, -0.15) is 11.3 Å². The monoisotopic (exact) mass is 344 g/mol. The highest BCUT2D eigenvalue weighted by Crippen LogP contribution is 2.35. The molecule has 2 aliphatic rings. The van der Waals surface area contributed by atoms with Crippen LogP contribution in [0.3, 0.4) is 0 Å². The number of hydrogen-bond donors (Lipinski definition) is 0. The van der Waals surface area contributed by atoms with Crippen LogP contribution in [0.15, 0.2) is 41.2 Å². The molecule has 1 saturated heterocycles. The van der Waals surface area contributed by atoms with Gasteiger partial charge in [0.2, 0.25) is 5.88 Å². The Kier molecular flexibility index (Phi) is 4.49. The number of pyridine rings is 1.